The molecule has 128 valence electrons. The Morgan fingerprint density at radius 3 is 2.87 bits per heavy atom. The molecule has 1 rings (SSSR count). The van der Waals surface area contributed by atoms with E-state index in [1.54, 1.807) is 37.1 Å². The van der Waals surface area contributed by atoms with Gasteiger partial charge in [-0.3, -0.25) is 4.79 Å². The third-order valence-electron chi connectivity index (χ3n) is 2.52. The lowest BCUT2D eigenvalue weighted by atomic mass is 10.2. The van der Waals surface area contributed by atoms with E-state index in [0.29, 0.717) is 5.57 Å². The van der Waals surface area contributed by atoms with Gasteiger partial charge in [0.1, 0.15) is 6.61 Å². The van der Waals surface area contributed by atoms with Crippen LogP contribution in [0.5, 0.6) is 0 Å². The number of hydrogen-bond donors (Lipinski definition) is 1. The summed E-state index contributed by atoms with van der Waals surface area (Å²) >= 11 is 0. The maximum Gasteiger partial charge on any atom is 0.510 e. The fraction of sp³-hybridized carbons (Fsp3) is 0.538. The molecule has 0 atom stereocenters. The molecular formula is C13H19N3O7. The Morgan fingerprint density at radius 1 is 1.48 bits per heavy atom. The minimum atomic E-state index is -0.927. The molecule has 10 heteroatoms. The van der Waals surface area contributed by atoms with Gasteiger partial charge in [0.05, 0.1) is 12.6 Å². The molecule has 0 fully saturated rings. The van der Waals surface area contributed by atoms with Gasteiger partial charge in [-0.2, -0.15) is 0 Å². The number of hydrogen-bond acceptors (Lipinski definition) is 8. The molecule has 0 bridgehead atoms. The summed E-state index contributed by atoms with van der Waals surface area (Å²) in [6.45, 7) is 3.37. The second-order valence-corrected chi connectivity index (χ2v) is 4.78. The second-order valence-electron chi connectivity index (χ2n) is 4.78. The Bertz CT molecular complexity index is 502. The highest BCUT2D eigenvalue weighted by atomic mass is 16.9. The molecule has 23 heavy (non-hydrogen) atoms. The van der Waals surface area contributed by atoms with Gasteiger partial charge >= 0.3 is 6.16 Å². The first-order valence-electron chi connectivity index (χ1n) is 6.89. The molecular weight excluding hydrogens is 310 g/mol. The van der Waals surface area contributed by atoms with Crippen molar-refractivity contribution < 1.29 is 29.0 Å². The fourth-order valence-corrected chi connectivity index (χ4v) is 1.60. The molecule has 0 spiro atoms. The largest absolute Gasteiger partial charge is 0.510 e. The summed E-state index contributed by atoms with van der Waals surface area (Å²) in [7, 11) is 0. The lowest BCUT2D eigenvalue weighted by molar-refractivity contribution is -0.757. The normalized spacial score (nSPS) is 13.3. The van der Waals surface area contributed by atoms with Crippen molar-refractivity contribution in [3.05, 3.63) is 34.0 Å². The van der Waals surface area contributed by atoms with E-state index in [9.17, 15) is 19.7 Å². The summed E-state index contributed by atoms with van der Waals surface area (Å²) in [6, 6.07) is 0. The van der Waals surface area contributed by atoms with Gasteiger partial charge in [0.2, 0.25) is 5.91 Å². The predicted molar refractivity (Wildman–Crippen MR) is 77.5 cm³/mol. The molecule has 10 nitrogen and oxygen atoms in total. The van der Waals surface area contributed by atoms with E-state index >= 15 is 0 Å². The SMILES string of the molecule is CC(C)OC(=O)OCN1C=CC=C(C(=O)NCCO[N+](=O)[O-])C1. The number of nitrogens with zero attached hydrogens (tertiary/aromatic N) is 2. The van der Waals surface area contributed by atoms with Crippen molar-refractivity contribution in [2.75, 3.05) is 26.4 Å². The van der Waals surface area contributed by atoms with Crippen LogP contribution < -0.4 is 5.32 Å². The maximum absolute atomic E-state index is 11.9. The topological polar surface area (TPSA) is 120 Å². The van der Waals surface area contributed by atoms with Gasteiger partial charge in [-0.15, -0.1) is 10.1 Å². The number of rotatable bonds is 8. The summed E-state index contributed by atoms with van der Waals surface area (Å²) in [4.78, 5) is 38.8. The van der Waals surface area contributed by atoms with Crippen LogP contribution in [0.25, 0.3) is 0 Å². The van der Waals surface area contributed by atoms with E-state index in [1.165, 1.54) is 0 Å². The first-order valence-corrected chi connectivity index (χ1v) is 6.89. The van der Waals surface area contributed by atoms with Gasteiger partial charge < -0.3 is 24.5 Å². The molecule has 0 unspecified atom stereocenters. The van der Waals surface area contributed by atoms with Crippen LogP contribution in [0.2, 0.25) is 0 Å². The third-order valence-corrected chi connectivity index (χ3v) is 2.52. The zero-order chi connectivity index (χ0) is 17.2. The third kappa shape index (κ3) is 7.69. The summed E-state index contributed by atoms with van der Waals surface area (Å²) in [5.74, 6) is -0.379. The molecule has 0 radical (unpaired) electrons. The standard InChI is InChI=1S/C13H19N3O7/c1-10(2)23-13(18)21-9-15-6-3-4-11(8-15)12(17)14-5-7-22-16(19)20/h3-4,6,10H,5,7-9H2,1-2H3,(H,14,17). The number of carbonyl (C=O) groups excluding carboxylic acids is 2. The average molecular weight is 329 g/mol. The Balaban J connectivity index is 2.32. The van der Waals surface area contributed by atoms with Gasteiger partial charge in [-0.25, -0.2) is 4.79 Å². The molecule has 1 amide bonds. The van der Waals surface area contributed by atoms with Crippen LogP contribution in [0, 0.1) is 10.1 Å². The quantitative estimate of drug-likeness (QED) is 0.297. The Labute approximate surface area is 132 Å². The fourth-order valence-electron chi connectivity index (χ4n) is 1.60. The van der Waals surface area contributed by atoms with Crippen molar-refractivity contribution in [1.29, 1.82) is 0 Å². The van der Waals surface area contributed by atoms with Crippen LogP contribution in [-0.4, -0.2) is 54.6 Å². The van der Waals surface area contributed by atoms with Crippen LogP contribution >= 0.6 is 0 Å². The predicted octanol–water partition coefficient (Wildman–Crippen LogP) is 0.586. The van der Waals surface area contributed by atoms with Crippen molar-refractivity contribution in [2.24, 2.45) is 0 Å². The number of allylic oxidation sites excluding steroid dienone is 2. The van der Waals surface area contributed by atoms with E-state index < -0.39 is 11.2 Å². The first kappa shape index (κ1) is 18.3. The lowest BCUT2D eigenvalue weighted by Gasteiger charge is -2.23. The Kier molecular flexibility index (Phi) is 7.37. The van der Waals surface area contributed by atoms with E-state index in [0.717, 1.165) is 0 Å². The highest BCUT2D eigenvalue weighted by Gasteiger charge is 2.16. The number of amides is 1. The van der Waals surface area contributed by atoms with Crippen molar-refractivity contribution in [3.8, 4) is 0 Å². The van der Waals surface area contributed by atoms with Gasteiger partial charge in [0.15, 0.2) is 6.73 Å². The van der Waals surface area contributed by atoms with Crippen molar-refractivity contribution in [2.45, 2.75) is 20.0 Å². The maximum atomic E-state index is 11.9. The summed E-state index contributed by atoms with van der Waals surface area (Å²) < 4.78 is 9.73. The first-order chi connectivity index (χ1) is 10.9. The van der Waals surface area contributed by atoms with Crippen LogP contribution in [0.4, 0.5) is 4.79 Å². The van der Waals surface area contributed by atoms with Crippen LogP contribution in [0.1, 0.15) is 13.8 Å². The number of carbonyl (C=O) groups is 2. The minimum Gasteiger partial charge on any atom is -0.432 e. The Hall–Kier alpha value is -2.78. The molecule has 0 aromatic carbocycles. The average Bonchev–Trinajstić information content (AvgIpc) is 2.49. The number of ether oxygens (including phenoxy) is 2. The smallest absolute Gasteiger partial charge is 0.432 e. The van der Waals surface area contributed by atoms with Gasteiger partial charge in [0.25, 0.3) is 5.09 Å². The number of nitrogens with one attached hydrogen (secondary N) is 1. The molecule has 0 aromatic heterocycles. The molecule has 0 aromatic rings. The summed E-state index contributed by atoms with van der Waals surface area (Å²) in [5.41, 5.74) is 0.425. The van der Waals surface area contributed by atoms with Gasteiger partial charge in [-0.1, -0.05) is 6.08 Å². The van der Waals surface area contributed by atoms with Crippen molar-refractivity contribution >= 4 is 12.1 Å². The molecule has 1 N–H and O–H groups in total. The van der Waals surface area contributed by atoms with Gasteiger partial charge in [0, 0.05) is 18.3 Å². The van der Waals surface area contributed by atoms with Crippen molar-refractivity contribution in [1.82, 2.24) is 10.2 Å². The summed E-state index contributed by atoms with van der Waals surface area (Å²) in [6.07, 6.45) is 3.83. The molecule has 1 aliphatic rings. The monoisotopic (exact) mass is 329 g/mol. The minimum absolute atomic E-state index is 0.0120. The van der Waals surface area contributed by atoms with E-state index in [2.05, 4.69) is 10.2 Å². The highest BCUT2D eigenvalue weighted by molar-refractivity contribution is 5.94. The van der Waals surface area contributed by atoms with Crippen LogP contribution in [-0.2, 0) is 19.1 Å². The zero-order valence-electron chi connectivity index (χ0n) is 12.9. The lowest BCUT2D eigenvalue weighted by Crippen LogP contribution is -2.35. The summed E-state index contributed by atoms with van der Waals surface area (Å²) in [5, 5.41) is 11.5. The zero-order valence-corrected chi connectivity index (χ0v) is 12.9. The van der Waals surface area contributed by atoms with Crippen LogP contribution in [0.15, 0.2) is 23.9 Å². The van der Waals surface area contributed by atoms with Crippen molar-refractivity contribution in [3.63, 3.8) is 0 Å². The Morgan fingerprint density at radius 2 is 2.22 bits per heavy atom. The van der Waals surface area contributed by atoms with E-state index in [-0.39, 0.29) is 38.4 Å². The molecule has 0 aliphatic carbocycles. The molecule has 0 saturated heterocycles. The molecule has 0 saturated carbocycles. The molecule has 1 aliphatic heterocycles. The van der Waals surface area contributed by atoms with Gasteiger partial charge in [-0.05, 0) is 19.9 Å². The van der Waals surface area contributed by atoms with E-state index in [4.69, 9.17) is 9.47 Å². The van der Waals surface area contributed by atoms with Crippen LogP contribution in [0.3, 0.4) is 0 Å². The van der Waals surface area contributed by atoms with E-state index in [1.807, 2.05) is 0 Å². The highest BCUT2D eigenvalue weighted by Crippen LogP contribution is 2.08. The molecule has 1 heterocycles. The second kappa shape index (κ2) is 9.28.